The second-order valence-corrected chi connectivity index (χ2v) is 5.24. The number of thioether (sulfide) groups is 1. The number of nitrogens with two attached hydrogens (primary N) is 1. The maximum Gasteiger partial charge on any atom is 0.317 e. The van der Waals surface area contributed by atoms with E-state index >= 15 is 0 Å². The van der Waals surface area contributed by atoms with Gasteiger partial charge in [0.1, 0.15) is 0 Å². The second kappa shape index (κ2) is 5.51. The largest absolute Gasteiger partial charge is 0.398 e. The Morgan fingerprint density at radius 1 is 1.53 bits per heavy atom. The van der Waals surface area contributed by atoms with Crippen molar-refractivity contribution in [3.05, 3.63) is 23.2 Å². The SMILES string of the molecule is Nc1cccc(Cl)c1SCCN1CCNC1=O. The van der Waals surface area contributed by atoms with E-state index in [2.05, 4.69) is 5.32 Å². The van der Waals surface area contributed by atoms with Gasteiger partial charge < -0.3 is 16.0 Å². The molecule has 1 aromatic rings. The highest BCUT2D eigenvalue weighted by Crippen LogP contribution is 2.32. The van der Waals surface area contributed by atoms with E-state index < -0.39 is 0 Å². The summed E-state index contributed by atoms with van der Waals surface area (Å²) in [4.78, 5) is 14.0. The van der Waals surface area contributed by atoms with Crippen LogP contribution in [0.25, 0.3) is 0 Å². The Morgan fingerprint density at radius 3 is 3.00 bits per heavy atom. The first-order chi connectivity index (χ1) is 8.18. The standard InChI is InChI=1S/C11H14ClN3OS/c12-8-2-1-3-9(13)10(8)17-7-6-15-5-4-14-11(15)16/h1-3H,4-7,13H2,(H,14,16). The summed E-state index contributed by atoms with van der Waals surface area (Å²) in [6, 6.07) is 5.49. The molecule has 1 aromatic carbocycles. The van der Waals surface area contributed by atoms with Crippen LogP contribution in [0, 0.1) is 0 Å². The summed E-state index contributed by atoms with van der Waals surface area (Å²) in [6.07, 6.45) is 0. The Labute approximate surface area is 109 Å². The number of hydrogen-bond donors (Lipinski definition) is 2. The van der Waals surface area contributed by atoms with Gasteiger partial charge in [-0.15, -0.1) is 11.8 Å². The van der Waals surface area contributed by atoms with Crippen molar-refractivity contribution in [3.8, 4) is 0 Å². The summed E-state index contributed by atoms with van der Waals surface area (Å²) in [7, 11) is 0. The Bertz CT molecular complexity index is 407. The van der Waals surface area contributed by atoms with E-state index in [9.17, 15) is 4.79 Å². The maximum absolute atomic E-state index is 11.3. The van der Waals surface area contributed by atoms with Gasteiger partial charge in [-0.2, -0.15) is 0 Å². The first-order valence-electron chi connectivity index (χ1n) is 5.38. The predicted molar refractivity (Wildman–Crippen MR) is 71.6 cm³/mol. The van der Waals surface area contributed by atoms with Crippen LogP contribution in [0.3, 0.4) is 0 Å². The molecule has 3 N–H and O–H groups in total. The number of halogens is 1. The molecule has 2 rings (SSSR count). The van der Waals surface area contributed by atoms with Gasteiger partial charge in [-0.3, -0.25) is 0 Å². The third kappa shape index (κ3) is 2.98. The zero-order valence-electron chi connectivity index (χ0n) is 9.28. The number of anilines is 1. The third-order valence-electron chi connectivity index (χ3n) is 2.55. The number of urea groups is 1. The molecule has 1 saturated heterocycles. The van der Waals surface area contributed by atoms with Gasteiger partial charge >= 0.3 is 6.03 Å². The van der Waals surface area contributed by atoms with Crippen LogP contribution in [0.1, 0.15) is 0 Å². The fourth-order valence-electron chi connectivity index (χ4n) is 1.66. The fourth-order valence-corrected chi connectivity index (χ4v) is 2.96. The van der Waals surface area contributed by atoms with Crippen LogP contribution >= 0.6 is 23.4 Å². The topological polar surface area (TPSA) is 58.4 Å². The van der Waals surface area contributed by atoms with Crippen molar-refractivity contribution in [1.29, 1.82) is 0 Å². The van der Waals surface area contributed by atoms with E-state index in [0.717, 1.165) is 23.7 Å². The summed E-state index contributed by atoms with van der Waals surface area (Å²) in [5.41, 5.74) is 6.53. The van der Waals surface area contributed by atoms with Crippen molar-refractivity contribution < 1.29 is 4.79 Å². The minimum absolute atomic E-state index is 0.0118. The van der Waals surface area contributed by atoms with Gasteiger partial charge in [0.15, 0.2) is 0 Å². The van der Waals surface area contributed by atoms with Crippen LogP contribution in [0.15, 0.2) is 23.1 Å². The van der Waals surface area contributed by atoms with E-state index in [1.165, 1.54) is 0 Å². The molecule has 0 aliphatic carbocycles. The highest BCUT2D eigenvalue weighted by molar-refractivity contribution is 7.99. The molecule has 92 valence electrons. The number of carbonyl (C=O) groups excluding carboxylic acids is 1. The summed E-state index contributed by atoms with van der Waals surface area (Å²) < 4.78 is 0. The zero-order valence-corrected chi connectivity index (χ0v) is 10.9. The van der Waals surface area contributed by atoms with Crippen molar-refractivity contribution in [3.63, 3.8) is 0 Å². The molecular formula is C11H14ClN3OS. The van der Waals surface area contributed by atoms with Gasteiger partial charge in [-0.1, -0.05) is 17.7 Å². The first kappa shape index (κ1) is 12.4. The number of nitrogen functional groups attached to an aromatic ring is 1. The number of nitrogens with one attached hydrogen (secondary N) is 1. The molecule has 0 saturated carbocycles. The molecule has 0 bridgehead atoms. The molecule has 0 unspecified atom stereocenters. The molecule has 1 aliphatic heterocycles. The monoisotopic (exact) mass is 271 g/mol. The summed E-state index contributed by atoms with van der Waals surface area (Å²) >= 11 is 7.64. The van der Waals surface area contributed by atoms with Crippen LogP contribution in [0.5, 0.6) is 0 Å². The zero-order chi connectivity index (χ0) is 12.3. The number of carbonyl (C=O) groups is 1. The Balaban J connectivity index is 1.88. The molecule has 0 atom stereocenters. The molecule has 0 spiro atoms. The molecule has 2 amide bonds. The number of hydrogen-bond acceptors (Lipinski definition) is 3. The van der Waals surface area contributed by atoms with Crippen LogP contribution in [-0.4, -0.2) is 36.3 Å². The van der Waals surface area contributed by atoms with Crippen LogP contribution < -0.4 is 11.1 Å². The van der Waals surface area contributed by atoms with E-state index in [1.54, 1.807) is 16.7 Å². The Morgan fingerprint density at radius 2 is 2.35 bits per heavy atom. The highest BCUT2D eigenvalue weighted by atomic mass is 35.5. The Kier molecular flexibility index (Phi) is 4.02. The second-order valence-electron chi connectivity index (χ2n) is 3.73. The normalized spacial score (nSPS) is 15.1. The quantitative estimate of drug-likeness (QED) is 0.651. The minimum atomic E-state index is 0.0118. The summed E-state index contributed by atoms with van der Waals surface area (Å²) in [5.74, 6) is 0.793. The molecule has 0 radical (unpaired) electrons. The molecule has 1 fully saturated rings. The van der Waals surface area contributed by atoms with Crippen molar-refractivity contribution in [1.82, 2.24) is 10.2 Å². The van der Waals surface area contributed by atoms with E-state index in [-0.39, 0.29) is 6.03 Å². The van der Waals surface area contributed by atoms with Gasteiger partial charge in [0.2, 0.25) is 0 Å². The van der Waals surface area contributed by atoms with Crippen molar-refractivity contribution in [2.24, 2.45) is 0 Å². The number of amides is 2. The van der Waals surface area contributed by atoms with E-state index in [4.69, 9.17) is 17.3 Å². The third-order valence-corrected chi connectivity index (χ3v) is 4.11. The molecule has 6 heteroatoms. The minimum Gasteiger partial charge on any atom is -0.398 e. The smallest absolute Gasteiger partial charge is 0.317 e. The molecule has 4 nitrogen and oxygen atoms in total. The van der Waals surface area contributed by atoms with Gasteiger partial charge in [-0.05, 0) is 12.1 Å². The molecule has 1 heterocycles. The lowest BCUT2D eigenvalue weighted by atomic mass is 10.3. The number of nitrogens with zero attached hydrogens (tertiary/aromatic N) is 1. The molecule has 1 aliphatic rings. The van der Waals surface area contributed by atoms with Gasteiger partial charge in [0.25, 0.3) is 0 Å². The first-order valence-corrected chi connectivity index (χ1v) is 6.74. The highest BCUT2D eigenvalue weighted by Gasteiger charge is 2.18. The van der Waals surface area contributed by atoms with Crippen LogP contribution in [0.4, 0.5) is 10.5 Å². The lowest BCUT2D eigenvalue weighted by Crippen LogP contribution is -2.30. The Hall–Kier alpha value is -1.07. The van der Waals surface area contributed by atoms with E-state index in [0.29, 0.717) is 17.3 Å². The average molecular weight is 272 g/mol. The van der Waals surface area contributed by atoms with Crippen LogP contribution in [-0.2, 0) is 0 Å². The van der Waals surface area contributed by atoms with Gasteiger partial charge in [-0.25, -0.2) is 4.79 Å². The number of benzene rings is 1. The van der Waals surface area contributed by atoms with Crippen molar-refractivity contribution in [2.75, 3.05) is 31.1 Å². The van der Waals surface area contributed by atoms with Crippen molar-refractivity contribution >= 4 is 35.1 Å². The molecular weight excluding hydrogens is 258 g/mol. The van der Waals surface area contributed by atoms with E-state index in [1.807, 2.05) is 18.2 Å². The van der Waals surface area contributed by atoms with Crippen LogP contribution in [0.2, 0.25) is 5.02 Å². The van der Waals surface area contributed by atoms with Gasteiger partial charge in [0.05, 0.1) is 5.02 Å². The predicted octanol–water partition coefficient (Wildman–Crippen LogP) is 2.04. The summed E-state index contributed by atoms with van der Waals surface area (Å²) in [5, 5.41) is 3.44. The number of rotatable bonds is 4. The fraction of sp³-hybridized carbons (Fsp3) is 0.364. The van der Waals surface area contributed by atoms with Gasteiger partial charge in [0, 0.05) is 36.0 Å². The van der Waals surface area contributed by atoms with Crippen molar-refractivity contribution in [2.45, 2.75) is 4.90 Å². The average Bonchev–Trinajstić information content (AvgIpc) is 2.69. The summed E-state index contributed by atoms with van der Waals surface area (Å²) in [6.45, 7) is 2.22. The molecule has 0 aromatic heterocycles. The lowest BCUT2D eigenvalue weighted by Gasteiger charge is -2.14. The lowest BCUT2D eigenvalue weighted by molar-refractivity contribution is 0.220. The maximum atomic E-state index is 11.3. The molecule has 17 heavy (non-hydrogen) atoms.